The first kappa shape index (κ1) is 20.0. The minimum Gasteiger partial charge on any atom is -0.348 e. The van der Waals surface area contributed by atoms with E-state index in [9.17, 15) is 14.4 Å². The predicted molar refractivity (Wildman–Crippen MR) is 115 cm³/mol. The van der Waals surface area contributed by atoms with E-state index in [1.165, 1.54) is 0 Å². The van der Waals surface area contributed by atoms with Crippen LogP contribution in [-0.2, 0) is 17.8 Å². The molecule has 2 fully saturated rings. The third-order valence-corrected chi connectivity index (χ3v) is 6.98. The van der Waals surface area contributed by atoms with Gasteiger partial charge in [-0.15, -0.1) is 0 Å². The average molecular weight is 424 g/mol. The van der Waals surface area contributed by atoms with Crippen LogP contribution in [0, 0.1) is 5.92 Å². The number of piperidine rings is 1. The van der Waals surface area contributed by atoms with Crippen molar-refractivity contribution in [3.63, 3.8) is 0 Å². The van der Waals surface area contributed by atoms with Crippen molar-refractivity contribution < 1.29 is 9.59 Å². The number of nitrogens with zero attached hydrogens (tertiary/aromatic N) is 4. The molecular formula is C23H29N5O3. The van der Waals surface area contributed by atoms with Crippen LogP contribution in [0.4, 0.5) is 0 Å². The second-order valence-corrected chi connectivity index (χ2v) is 9.15. The van der Waals surface area contributed by atoms with Crippen LogP contribution in [0.1, 0.15) is 59.8 Å². The molecule has 8 nitrogen and oxygen atoms in total. The summed E-state index contributed by atoms with van der Waals surface area (Å²) in [7, 11) is 0. The molecule has 0 radical (unpaired) electrons. The number of nitrogens with one attached hydrogen (secondary N) is 1. The van der Waals surface area contributed by atoms with Gasteiger partial charge < -0.3 is 19.4 Å². The van der Waals surface area contributed by atoms with Gasteiger partial charge in [0, 0.05) is 56.2 Å². The van der Waals surface area contributed by atoms with Gasteiger partial charge in [0.25, 0.3) is 11.5 Å². The number of aromatic nitrogens is 3. The highest BCUT2D eigenvalue weighted by Crippen LogP contribution is 2.35. The minimum atomic E-state index is -0.168. The molecule has 3 aliphatic rings. The Kier molecular flexibility index (Phi) is 5.38. The summed E-state index contributed by atoms with van der Waals surface area (Å²) >= 11 is 0. The summed E-state index contributed by atoms with van der Waals surface area (Å²) < 4.78 is 1.81. The van der Waals surface area contributed by atoms with Crippen LogP contribution in [-0.4, -0.2) is 62.3 Å². The molecule has 2 atom stereocenters. The Morgan fingerprint density at radius 3 is 2.58 bits per heavy atom. The molecule has 1 N–H and O–H groups in total. The van der Waals surface area contributed by atoms with Crippen molar-refractivity contribution in [1.82, 2.24) is 24.3 Å². The maximum Gasteiger partial charge on any atom is 0.263 e. The smallest absolute Gasteiger partial charge is 0.263 e. The van der Waals surface area contributed by atoms with E-state index < -0.39 is 0 Å². The fourth-order valence-electron chi connectivity index (χ4n) is 5.41. The van der Waals surface area contributed by atoms with E-state index in [0.29, 0.717) is 26.1 Å². The van der Waals surface area contributed by atoms with Gasteiger partial charge in [0.2, 0.25) is 5.91 Å². The van der Waals surface area contributed by atoms with Crippen LogP contribution in [0.3, 0.4) is 0 Å². The molecule has 0 spiro atoms. The number of carbonyl (C=O) groups is 2. The molecule has 31 heavy (non-hydrogen) atoms. The number of aromatic amines is 1. The van der Waals surface area contributed by atoms with Gasteiger partial charge in [-0.2, -0.15) is 0 Å². The molecule has 0 aliphatic carbocycles. The van der Waals surface area contributed by atoms with Crippen LogP contribution >= 0.6 is 0 Å². The highest BCUT2D eigenvalue weighted by molar-refractivity contribution is 5.94. The van der Waals surface area contributed by atoms with Gasteiger partial charge in [-0.3, -0.25) is 14.4 Å². The van der Waals surface area contributed by atoms with Crippen LogP contribution < -0.4 is 5.56 Å². The lowest BCUT2D eigenvalue weighted by Gasteiger charge is -2.43. The van der Waals surface area contributed by atoms with Crippen molar-refractivity contribution in [2.24, 2.45) is 5.92 Å². The first-order chi connectivity index (χ1) is 15.1. The molecule has 2 amide bonds. The number of likely N-dealkylation sites (tertiary alicyclic amines) is 2. The highest BCUT2D eigenvalue weighted by atomic mass is 16.2. The number of fused-ring (bicyclic) bond motifs is 4. The molecule has 2 aromatic rings. The van der Waals surface area contributed by atoms with Gasteiger partial charge in [-0.1, -0.05) is 12.8 Å². The van der Waals surface area contributed by atoms with E-state index in [-0.39, 0.29) is 34.8 Å². The lowest BCUT2D eigenvalue weighted by molar-refractivity contribution is -0.133. The standard InChI is InChI=1S/C23H29N5O3/c29-21(10-18-11-24-15-25-18)27-12-16-9-17(14-27)20-6-5-19(23(31)28(20)13-16)22(30)26-7-3-1-2-4-8-26/h5-6,11,15-17H,1-4,7-10,12-14H2,(H,24,25)/t16-,17+/m0/s1. The number of amides is 2. The first-order valence-electron chi connectivity index (χ1n) is 11.4. The fraction of sp³-hybridized carbons (Fsp3) is 0.565. The van der Waals surface area contributed by atoms with Gasteiger partial charge in [0.1, 0.15) is 5.56 Å². The second-order valence-electron chi connectivity index (χ2n) is 9.15. The molecule has 0 unspecified atom stereocenters. The number of H-pyrrole nitrogens is 1. The Morgan fingerprint density at radius 2 is 1.84 bits per heavy atom. The number of rotatable bonds is 3. The van der Waals surface area contributed by atoms with Gasteiger partial charge in [0.15, 0.2) is 0 Å². The Hall–Kier alpha value is -2.90. The summed E-state index contributed by atoms with van der Waals surface area (Å²) in [6, 6.07) is 3.66. The third kappa shape index (κ3) is 3.91. The normalized spacial score (nSPS) is 23.2. The molecule has 2 aromatic heterocycles. The van der Waals surface area contributed by atoms with Crippen LogP contribution in [0.25, 0.3) is 0 Å². The van der Waals surface area contributed by atoms with Gasteiger partial charge >= 0.3 is 0 Å². The average Bonchev–Trinajstić information content (AvgIpc) is 3.13. The van der Waals surface area contributed by atoms with Crippen molar-refractivity contribution in [2.75, 3.05) is 26.2 Å². The predicted octanol–water partition coefficient (Wildman–Crippen LogP) is 1.78. The Morgan fingerprint density at radius 1 is 1.03 bits per heavy atom. The van der Waals surface area contributed by atoms with E-state index in [4.69, 9.17) is 0 Å². The van der Waals surface area contributed by atoms with Crippen molar-refractivity contribution in [1.29, 1.82) is 0 Å². The first-order valence-corrected chi connectivity index (χ1v) is 11.4. The van der Waals surface area contributed by atoms with E-state index in [1.807, 2.05) is 15.9 Å². The monoisotopic (exact) mass is 423 g/mol. The van der Waals surface area contributed by atoms with E-state index in [0.717, 1.165) is 56.6 Å². The Bertz CT molecular complexity index is 1020. The number of pyridine rings is 1. The molecule has 8 heteroatoms. The zero-order chi connectivity index (χ0) is 21.4. The quantitative estimate of drug-likeness (QED) is 0.815. The van der Waals surface area contributed by atoms with Crippen LogP contribution in [0.2, 0.25) is 0 Å². The maximum absolute atomic E-state index is 13.3. The summed E-state index contributed by atoms with van der Waals surface area (Å²) in [5.41, 5.74) is 1.89. The van der Waals surface area contributed by atoms with Crippen molar-refractivity contribution in [2.45, 2.75) is 51.0 Å². The van der Waals surface area contributed by atoms with Crippen molar-refractivity contribution in [3.8, 4) is 0 Å². The summed E-state index contributed by atoms with van der Waals surface area (Å²) in [4.78, 5) is 49.8. The minimum absolute atomic E-state index is 0.0858. The van der Waals surface area contributed by atoms with E-state index >= 15 is 0 Å². The molecule has 164 valence electrons. The summed E-state index contributed by atoms with van der Waals surface area (Å²) in [6.45, 7) is 3.30. The van der Waals surface area contributed by atoms with Gasteiger partial charge in [-0.05, 0) is 37.3 Å². The topological polar surface area (TPSA) is 91.3 Å². The van der Waals surface area contributed by atoms with Crippen molar-refractivity contribution >= 4 is 11.8 Å². The number of imidazole rings is 1. The Balaban J connectivity index is 1.36. The zero-order valence-electron chi connectivity index (χ0n) is 17.8. The maximum atomic E-state index is 13.3. The second kappa shape index (κ2) is 8.32. The number of carbonyl (C=O) groups excluding carboxylic acids is 2. The molecule has 0 aromatic carbocycles. The summed E-state index contributed by atoms with van der Waals surface area (Å²) in [5.74, 6) is 0.323. The Labute approximate surface area is 181 Å². The van der Waals surface area contributed by atoms with Gasteiger partial charge in [0.05, 0.1) is 12.7 Å². The highest BCUT2D eigenvalue weighted by Gasteiger charge is 2.37. The molecule has 5 heterocycles. The molecule has 3 aliphatic heterocycles. The van der Waals surface area contributed by atoms with E-state index in [1.54, 1.807) is 23.2 Å². The third-order valence-electron chi connectivity index (χ3n) is 6.98. The lowest BCUT2D eigenvalue weighted by Crippen LogP contribution is -2.50. The summed E-state index contributed by atoms with van der Waals surface area (Å²) in [5, 5.41) is 0. The summed E-state index contributed by atoms with van der Waals surface area (Å²) in [6.07, 6.45) is 8.86. The SMILES string of the molecule is O=C(Cc1cnc[nH]1)N1C[C@@H]2C[C@H](C1)c1ccc(C(=O)N3CCCCCC3)c(=O)n1C2. The molecule has 2 saturated heterocycles. The number of hydrogen-bond donors (Lipinski definition) is 1. The largest absolute Gasteiger partial charge is 0.348 e. The lowest BCUT2D eigenvalue weighted by atomic mass is 9.82. The fourth-order valence-corrected chi connectivity index (χ4v) is 5.41. The molecule has 5 rings (SSSR count). The van der Waals surface area contributed by atoms with Gasteiger partial charge in [-0.25, -0.2) is 4.98 Å². The molecule has 0 saturated carbocycles. The zero-order valence-corrected chi connectivity index (χ0v) is 17.8. The molecule has 2 bridgehead atoms. The van der Waals surface area contributed by atoms with E-state index in [2.05, 4.69) is 9.97 Å². The van der Waals surface area contributed by atoms with Crippen LogP contribution in [0.5, 0.6) is 0 Å². The number of hydrogen-bond acceptors (Lipinski definition) is 4. The molecular weight excluding hydrogens is 394 g/mol. The van der Waals surface area contributed by atoms with Crippen LogP contribution in [0.15, 0.2) is 29.5 Å². The van der Waals surface area contributed by atoms with Crippen molar-refractivity contribution in [3.05, 3.63) is 52.0 Å².